The van der Waals surface area contributed by atoms with Crippen LogP contribution in [0.1, 0.15) is 11.1 Å². The smallest absolute Gasteiger partial charge is 0.349 e. The number of benzene rings is 2. The Hall–Kier alpha value is -1.87. The molecule has 0 unspecified atom stereocenters. The van der Waals surface area contributed by atoms with Gasteiger partial charge in [-0.2, -0.15) is 0 Å². The van der Waals surface area contributed by atoms with Crippen molar-refractivity contribution < 1.29 is 19.1 Å². The van der Waals surface area contributed by atoms with Crippen LogP contribution >= 0.6 is 7.60 Å². The predicted octanol–water partition coefficient (Wildman–Crippen LogP) is 3.41. The van der Waals surface area contributed by atoms with Gasteiger partial charge in [0.25, 0.3) is 0 Å². The van der Waals surface area contributed by atoms with Gasteiger partial charge in [-0.25, -0.2) is 0 Å². The summed E-state index contributed by atoms with van der Waals surface area (Å²) < 4.78 is 16.3. The molecule has 0 saturated carbocycles. The molecule has 2 rings (SSSR count). The molecule has 4 nitrogen and oxygen atoms in total. The second kappa shape index (κ2) is 6.53. The van der Waals surface area contributed by atoms with Gasteiger partial charge in [0.1, 0.15) is 12.4 Å². The van der Waals surface area contributed by atoms with E-state index in [1.807, 2.05) is 30.3 Å². The number of ether oxygens (including phenoxy) is 1. The summed E-state index contributed by atoms with van der Waals surface area (Å²) in [5.41, 5.74) is 1.79. The summed E-state index contributed by atoms with van der Waals surface area (Å²) in [6.07, 6.45) is 1.39. The van der Waals surface area contributed by atoms with E-state index in [0.29, 0.717) is 17.9 Å². The summed E-state index contributed by atoms with van der Waals surface area (Å²) in [4.78, 5) is 17.5. The van der Waals surface area contributed by atoms with Gasteiger partial charge in [0.2, 0.25) is 0 Å². The van der Waals surface area contributed by atoms with E-state index in [9.17, 15) is 4.57 Å². The summed E-state index contributed by atoms with van der Waals surface area (Å²) in [6.45, 7) is 0.485. The van der Waals surface area contributed by atoms with Crippen molar-refractivity contribution in [3.05, 3.63) is 71.5 Å². The molecule has 0 saturated heterocycles. The van der Waals surface area contributed by atoms with Crippen molar-refractivity contribution in [2.75, 3.05) is 0 Å². The fourth-order valence-corrected chi connectivity index (χ4v) is 1.97. The van der Waals surface area contributed by atoms with Gasteiger partial charge in [-0.1, -0.05) is 42.5 Å². The molecule has 0 aliphatic carbocycles. The quantitative estimate of drug-likeness (QED) is 0.828. The van der Waals surface area contributed by atoms with Crippen molar-refractivity contribution in [2.45, 2.75) is 6.61 Å². The van der Waals surface area contributed by atoms with Gasteiger partial charge in [0.15, 0.2) is 0 Å². The molecule has 2 aromatic rings. The number of rotatable bonds is 5. The molecule has 5 heteroatoms. The van der Waals surface area contributed by atoms with E-state index >= 15 is 0 Å². The van der Waals surface area contributed by atoms with Crippen molar-refractivity contribution in [1.29, 1.82) is 0 Å². The Morgan fingerprint density at radius 3 is 2.25 bits per heavy atom. The average Bonchev–Trinajstić information content (AvgIpc) is 2.44. The highest BCUT2D eigenvalue weighted by Gasteiger charge is 2.05. The lowest BCUT2D eigenvalue weighted by Crippen LogP contribution is -1.94. The highest BCUT2D eigenvalue weighted by Crippen LogP contribution is 2.36. The molecule has 0 spiro atoms. The lowest BCUT2D eigenvalue weighted by Gasteiger charge is -2.06. The van der Waals surface area contributed by atoms with Crippen LogP contribution in [0.5, 0.6) is 5.75 Å². The molecule has 0 atom stereocenters. The zero-order valence-corrected chi connectivity index (χ0v) is 11.6. The van der Waals surface area contributed by atoms with E-state index in [4.69, 9.17) is 14.5 Å². The van der Waals surface area contributed by atoms with Crippen LogP contribution in [0.2, 0.25) is 0 Å². The summed E-state index contributed by atoms with van der Waals surface area (Å²) in [7, 11) is -4.11. The molecule has 0 radical (unpaired) electrons. The topological polar surface area (TPSA) is 66.8 Å². The van der Waals surface area contributed by atoms with Crippen molar-refractivity contribution >= 4 is 13.7 Å². The van der Waals surface area contributed by atoms with Crippen LogP contribution in [0.3, 0.4) is 0 Å². The lowest BCUT2D eigenvalue weighted by molar-refractivity contribution is 0.306. The number of hydrogen-bond acceptors (Lipinski definition) is 2. The van der Waals surface area contributed by atoms with Gasteiger partial charge < -0.3 is 14.5 Å². The van der Waals surface area contributed by atoms with E-state index in [2.05, 4.69) is 0 Å². The minimum Gasteiger partial charge on any atom is -0.489 e. The third kappa shape index (κ3) is 5.02. The van der Waals surface area contributed by atoms with Gasteiger partial charge in [0.05, 0.1) is 0 Å². The molecule has 0 aliphatic rings. The highest BCUT2D eigenvalue weighted by molar-refractivity contribution is 7.55. The molecule has 0 aliphatic heterocycles. The minimum atomic E-state index is -4.11. The molecular formula is C15H15O4P. The van der Waals surface area contributed by atoms with Gasteiger partial charge in [-0.15, -0.1) is 0 Å². The van der Waals surface area contributed by atoms with Gasteiger partial charge in [-0.3, -0.25) is 4.57 Å². The van der Waals surface area contributed by atoms with E-state index in [1.165, 1.54) is 6.08 Å². The molecule has 0 bridgehead atoms. The molecule has 0 heterocycles. The second-order valence-electron chi connectivity index (χ2n) is 4.25. The first-order chi connectivity index (χ1) is 9.53. The fourth-order valence-electron chi connectivity index (χ4n) is 1.60. The van der Waals surface area contributed by atoms with Crippen LogP contribution < -0.4 is 4.74 Å². The Morgan fingerprint density at radius 1 is 1.00 bits per heavy atom. The molecule has 0 fully saturated rings. The SMILES string of the molecule is O=P(O)(O)C=Cc1ccc(OCc2ccccc2)cc1. The Kier molecular flexibility index (Phi) is 4.74. The first-order valence-corrected chi connectivity index (χ1v) is 7.72. The van der Waals surface area contributed by atoms with E-state index in [-0.39, 0.29) is 0 Å². The summed E-state index contributed by atoms with van der Waals surface area (Å²) in [5.74, 6) is 1.59. The van der Waals surface area contributed by atoms with Crippen molar-refractivity contribution in [1.82, 2.24) is 0 Å². The second-order valence-corrected chi connectivity index (χ2v) is 5.72. The maximum atomic E-state index is 10.7. The third-order valence-electron chi connectivity index (χ3n) is 2.59. The van der Waals surface area contributed by atoms with Crippen molar-refractivity contribution in [3.63, 3.8) is 0 Å². The molecule has 0 amide bonds. The molecule has 104 valence electrons. The van der Waals surface area contributed by atoms with Crippen LogP contribution in [0, 0.1) is 0 Å². The Morgan fingerprint density at radius 2 is 1.65 bits per heavy atom. The third-order valence-corrected chi connectivity index (χ3v) is 3.13. The summed E-state index contributed by atoms with van der Waals surface area (Å²) >= 11 is 0. The van der Waals surface area contributed by atoms with Crippen LogP contribution in [0.4, 0.5) is 0 Å². The van der Waals surface area contributed by atoms with E-state index in [0.717, 1.165) is 11.4 Å². The molecule has 2 aromatic carbocycles. The van der Waals surface area contributed by atoms with Crippen molar-refractivity contribution in [2.24, 2.45) is 0 Å². The first kappa shape index (κ1) is 14.5. The lowest BCUT2D eigenvalue weighted by atomic mass is 10.2. The summed E-state index contributed by atoms with van der Waals surface area (Å²) in [5, 5.41) is 0. The van der Waals surface area contributed by atoms with E-state index in [1.54, 1.807) is 24.3 Å². The first-order valence-electron chi connectivity index (χ1n) is 6.04. The monoisotopic (exact) mass is 290 g/mol. The molecule has 0 aromatic heterocycles. The van der Waals surface area contributed by atoms with Gasteiger partial charge in [0, 0.05) is 5.82 Å². The standard InChI is InChI=1S/C15H15O4P/c16-20(17,18)11-10-13-6-8-15(9-7-13)19-12-14-4-2-1-3-5-14/h1-11H,12H2,(H2,16,17,18). The minimum absolute atomic E-state index is 0.485. The fraction of sp³-hybridized carbons (Fsp3) is 0.0667. The average molecular weight is 290 g/mol. The Labute approximate surface area is 117 Å². The van der Waals surface area contributed by atoms with E-state index < -0.39 is 7.60 Å². The maximum absolute atomic E-state index is 10.7. The molecule has 2 N–H and O–H groups in total. The molecular weight excluding hydrogens is 275 g/mol. The van der Waals surface area contributed by atoms with Crippen molar-refractivity contribution in [3.8, 4) is 5.75 Å². The van der Waals surface area contributed by atoms with Crippen LogP contribution in [0.15, 0.2) is 60.4 Å². The largest absolute Gasteiger partial charge is 0.489 e. The normalized spacial score (nSPS) is 11.7. The zero-order valence-electron chi connectivity index (χ0n) is 10.7. The zero-order chi connectivity index (χ0) is 14.4. The predicted molar refractivity (Wildman–Crippen MR) is 78.3 cm³/mol. The molecule has 20 heavy (non-hydrogen) atoms. The van der Waals surface area contributed by atoms with Crippen LogP contribution in [-0.2, 0) is 11.2 Å². The van der Waals surface area contributed by atoms with Gasteiger partial charge >= 0.3 is 7.60 Å². The highest BCUT2D eigenvalue weighted by atomic mass is 31.2. The number of hydrogen-bond donors (Lipinski definition) is 2. The Balaban J connectivity index is 1.95. The van der Waals surface area contributed by atoms with Crippen LogP contribution in [-0.4, -0.2) is 9.79 Å². The maximum Gasteiger partial charge on any atom is 0.349 e. The Bertz CT molecular complexity index is 614. The van der Waals surface area contributed by atoms with Gasteiger partial charge in [-0.05, 0) is 29.3 Å². The van der Waals surface area contributed by atoms with Crippen LogP contribution in [0.25, 0.3) is 6.08 Å². The summed E-state index contributed by atoms with van der Waals surface area (Å²) in [6, 6.07) is 16.8.